The molecule has 8 nitrogen and oxygen atoms in total. The normalized spacial score (nSPS) is 18.8. The number of nitrogens with zero attached hydrogens (tertiary/aromatic N) is 2. The van der Waals surface area contributed by atoms with Crippen molar-refractivity contribution in [2.24, 2.45) is 0 Å². The highest BCUT2D eigenvalue weighted by molar-refractivity contribution is 5.51. The molecule has 0 saturated carbocycles. The molecule has 0 unspecified atom stereocenters. The predicted molar refractivity (Wildman–Crippen MR) is 174 cm³/mol. The second kappa shape index (κ2) is 12.9. The van der Waals surface area contributed by atoms with Gasteiger partial charge in [0, 0.05) is 25.2 Å². The van der Waals surface area contributed by atoms with E-state index in [2.05, 4.69) is 29.0 Å². The molecule has 2 heterocycles. The summed E-state index contributed by atoms with van der Waals surface area (Å²) in [7, 11) is 8.94. The van der Waals surface area contributed by atoms with Crippen LogP contribution in [0.15, 0.2) is 66.7 Å². The lowest BCUT2D eigenvalue weighted by Gasteiger charge is -2.35. The first-order valence-electron chi connectivity index (χ1n) is 16.3. The second-order valence-corrected chi connectivity index (χ2v) is 11.9. The maximum Gasteiger partial charge on any atom is 0.169 e. The summed E-state index contributed by atoms with van der Waals surface area (Å²) in [6, 6.07) is 17.2. The average Bonchev–Trinajstić information content (AvgIpc) is 3.07. The molecule has 0 saturated heterocycles. The third kappa shape index (κ3) is 6.26. The van der Waals surface area contributed by atoms with E-state index in [-0.39, 0.29) is 41.4 Å². The molecule has 2 aliphatic rings. The van der Waals surface area contributed by atoms with Gasteiger partial charge in [0.15, 0.2) is 34.5 Å². The summed E-state index contributed by atoms with van der Waals surface area (Å²) in [6.07, 6.45) is 2.95. The SMILES string of the molecule is [2H]c1cc(C[C@@H]2c3c(cc(OC)c(O)c3[2H])CCN2C)cc(Oc2ccc(C[C@@H]3c4cc(OC)c(OC)cc4CCN3C)cc2)c1O. The van der Waals surface area contributed by atoms with Gasteiger partial charge in [0.1, 0.15) is 5.75 Å². The van der Waals surface area contributed by atoms with Crippen LogP contribution in [0, 0.1) is 0 Å². The van der Waals surface area contributed by atoms with Crippen molar-refractivity contribution in [1.29, 1.82) is 0 Å². The predicted octanol–water partition coefficient (Wildman–Crippen LogP) is 6.46. The summed E-state index contributed by atoms with van der Waals surface area (Å²) in [5, 5.41) is 21.4. The van der Waals surface area contributed by atoms with Gasteiger partial charge in [-0.2, -0.15) is 0 Å². The van der Waals surface area contributed by atoms with Gasteiger partial charge in [0.05, 0.1) is 24.1 Å². The first kappa shape index (κ1) is 28.1. The lowest BCUT2D eigenvalue weighted by molar-refractivity contribution is 0.228. The van der Waals surface area contributed by atoms with Crippen LogP contribution in [-0.2, 0) is 25.7 Å². The van der Waals surface area contributed by atoms with Gasteiger partial charge >= 0.3 is 0 Å². The van der Waals surface area contributed by atoms with Gasteiger partial charge in [-0.25, -0.2) is 0 Å². The van der Waals surface area contributed by atoms with E-state index in [0.717, 1.165) is 66.1 Å². The Balaban J connectivity index is 1.22. The minimum Gasteiger partial charge on any atom is -0.504 e. The van der Waals surface area contributed by atoms with E-state index in [0.29, 0.717) is 17.9 Å². The highest BCUT2D eigenvalue weighted by Crippen LogP contribution is 2.41. The van der Waals surface area contributed by atoms with Crippen molar-refractivity contribution in [3.05, 3.63) is 100 Å². The lowest BCUT2D eigenvalue weighted by atomic mass is 9.88. The van der Waals surface area contributed by atoms with Crippen LogP contribution >= 0.6 is 0 Å². The lowest BCUT2D eigenvalue weighted by Crippen LogP contribution is -2.33. The minimum absolute atomic E-state index is 0.0393. The first-order valence-corrected chi connectivity index (χ1v) is 15.3. The third-order valence-corrected chi connectivity index (χ3v) is 9.18. The van der Waals surface area contributed by atoms with Gasteiger partial charge in [-0.15, -0.1) is 0 Å². The Bertz CT molecular complexity index is 1780. The molecule has 0 aliphatic carbocycles. The quantitative estimate of drug-likeness (QED) is 0.223. The van der Waals surface area contributed by atoms with E-state index in [1.165, 1.54) is 18.2 Å². The zero-order chi connectivity index (χ0) is 33.4. The number of fused-ring (bicyclic) bond motifs is 2. The fraction of sp³-hybridized carbons (Fsp3) is 0.351. The Labute approximate surface area is 268 Å². The smallest absolute Gasteiger partial charge is 0.169 e. The Kier molecular flexibility index (Phi) is 8.06. The molecule has 2 aliphatic heterocycles. The Morgan fingerprint density at radius 2 is 1.27 bits per heavy atom. The molecule has 45 heavy (non-hydrogen) atoms. The highest BCUT2D eigenvalue weighted by atomic mass is 16.5. The minimum atomic E-state index is -0.233. The standard InChI is InChI=1S/C37H42N2O6/c1-38-15-13-26-20-36(43-4)37(44-5)22-29(26)30(38)16-23-6-9-27(10-7-23)45-35-18-24(8-11-32(35)40)17-31-28-21-33(41)34(42-3)19-25(28)12-14-39(31)2/h6-11,18-22,30-31,40-41H,12-17H2,1-5H3/t30-,31-/m1/s1/i11D,21D. The van der Waals surface area contributed by atoms with Gasteiger partial charge < -0.3 is 29.2 Å². The summed E-state index contributed by atoms with van der Waals surface area (Å²) in [4.78, 5) is 4.51. The monoisotopic (exact) mass is 612 g/mol. The van der Waals surface area contributed by atoms with E-state index < -0.39 is 0 Å². The van der Waals surface area contributed by atoms with Gasteiger partial charge in [-0.3, -0.25) is 9.80 Å². The van der Waals surface area contributed by atoms with Crippen LogP contribution in [0.5, 0.6) is 40.2 Å². The van der Waals surface area contributed by atoms with Crippen LogP contribution < -0.4 is 18.9 Å². The molecule has 6 rings (SSSR count). The van der Waals surface area contributed by atoms with Crippen molar-refractivity contribution in [2.75, 3.05) is 48.5 Å². The van der Waals surface area contributed by atoms with Crippen molar-refractivity contribution in [3.8, 4) is 40.2 Å². The molecule has 2 N–H and O–H groups in total. The molecule has 4 aromatic carbocycles. The molecular formula is C37H42N2O6. The van der Waals surface area contributed by atoms with Crippen molar-refractivity contribution < 1.29 is 31.9 Å². The van der Waals surface area contributed by atoms with Crippen molar-refractivity contribution in [1.82, 2.24) is 9.80 Å². The van der Waals surface area contributed by atoms with E-state index in [1.54, 1.807) is 26.4 Å². The molecular weight excluding hydrogens is 568 g/mol. The maximum atomic E-state index is 10.8. The molecule has 2 atom stereocenters. The van der Waals surface area contributed by atoms with E-state index in [1.807, 2.05) is 37.4 Å². The van der Waals surface area contributed by atoms with E-state index >= 15 is 0 Å². The zero-order valence-corrected chi connectivity index (χ0v) is 26.5. The highest BCUT2D eigenvalue weighted by Gasteiger charge is 2.28. The number of methoxy groups -OCH3 is 3. The number of hydrogen-bond acceptors (Lipinski definition) is 8. The summed E-state index contributed by atoms with van der Waals surface area (Å²) in [5.41, 5.74) is 6.14. The topological polar surface area (TPSA) is 83.9 Å². The molecule has 0 bridgehead atoms. The van der Waals surface area contributed by atoms with E-state index in [4.69, 9.17) is 21.7 Å². The molecule has 0 spiro atoms. The van der Waals surface area contributed by atoms with Crippen LogP contribution in [0.1, 0.15) is 48.2 Å². The van der Waals surface area contributed by atoms with E-state index in [9.17, 15) is 10.2 Å². The largest absolute Gasteiger partial charge is 0.504 e. The second-order valence-electron chi connectivity index (χ2n) is 11.9. The van der Waals surface area contributed by atoms with Crippen LogP contribution in [0.25, 0.3) is 0 Å². The fourth-order valence-corrected chi connectivity index (χ4v) is 6.56. The van der Waals surface area contributed by atoms with Gasteiger partial charge in [-0.05, 0) is 122 Å². The molecule has 0 fully saturated rings. The van der Waals surface area contributed by atoms with Crippen LogP contribution in [0.4, 0.5) is 0 Å². The summed E-state index contributed by atoms with van der Waals surface area (Å²) in [5.74, 6) is 2.11. The first-order chi connectivity index (χ1) is 22.6. The molecule has 0 radical (unpaired) electrons. The number of phenols is 2. The van der Waals surface area contributed by atoms with Crippen molar-refractivity contribution in [3.63, 3.8) is 0 Å². The van der Waals surface area contributed by atoms with Crippen LogP contribution in [0.2, 0.25) is 0 Å². The third-order valence-electron chi connectivity index (χ3n) is 9.18. The van der Waals surface area contributed by atoms with Crippen molar-refractivity contribution >= 4 is 0 Å². The Morgan fingerprint density at radius 3 is 1.93 bits per heavy atom. The van der Waals surface area contributed by atoms with Crippen molar-refractivity contribution in [2.45, 2.75) is 37.8 Å². The Hall–Kier alpha value is -4.40. The molecule has 0 aromatic heterocycles. The summed E-state index contributed by atoms with van der Waals surface area (Å²) in [6.45, 7) is 1.72. The molecule has 236 valence electrons. The zero-order valence-electron chi connectivity index (χ0n) is 28.5. The number of phenolic OH excluding ortho intramolecular Hbond substituents is 2. The molecule has 0 amide bonds. The fourth-order valence-electron chi connectivity index (χ4n) is 6.56. The average molecular weight is 613 g/mol. The number of rotatable bonds is 9. The number of aromatic hydroxyl groups is 2. The van der Waals surface area contributed by atoms with Gasteiger partial charge in [-0.1, -0.05) is 18.2 Å². The number of benzene rings is 4. The van der Waals surface area contributed by atoms with Crippen LogP contribution in [0.3, 0.4) is 0 Å². The maximum absolute atomic E-state index is 10.8. The van der Waals surface area contributed by atoms with Gasteiger partial charge in [0.2, 0.25) is 0 Å². The van der Waals surface area contributed by atoms with Gasteiger partial charge in [0.25, 0.3) is 0 Å². The number of ether oxygens (including phenoxy) is 4. The summed E-state index contributed by atoms with van der Waals surface area (Å²) >= 11 is 0. The molecule has 4 aromatic rings. The number of hydrogen-bond donors (Lipinski definition) is 2. The van der Waals surface area contributed by atoms with Crippen LogP contribution in [-0.4, -0.2) is 68.5 Å². The summed E-state index contributed by atoms with van der Waals surface area (Å²) < 4.78 is 39.7. The number of likely N-dealkylation sites (N-methyl/N-ethyl adjacent to an activating group) is 2. The molecule has 8 heteroatoms. The Morgan fingerprint density at radius 1 is 0.689 bits per heavy atom.